The molecule has 0 N–H and O–H groups in total. The summed E-state index contributed by atoms with van der Waals surface area (Å²) in [5.41, 5.74) is -1.78. The van der Waals surface area contributed by atoms with Gasteiger partial charge in [0.25, 0.3) is 0 Å². The van der Waals surface area contributed by atoms with Crippen molar-refractivity contribution in [1.29, 1.82) is 0 Å². The SMILES string of the molecule is FC(F)(F)c1ccc2c3ccccc3n(C(F)(F)F)c2c1. The Hall–Kier alpha value is -2.18. The van der Waals surface area contributed by atoms with Crippen molar-refractivity contribution < 1.29 is 26.3 Å². The molecule has 21 heavy (non-hydrogen) atoms. The van der Waals surface area contributed by atoms with Crippen LogP contribution >= 0.6 is 0 Å². The van der Waals surface area contributed by atoms with E-state index >= 15 is 0 Å². The van der Waals surface area contributed by atoms with Crippen LogP contribution in [0.3, 0.4) is 0 Å². The fraction of sp³-hybridized carbons (Fsp3) is 0.143. The Kier molecular flexibility index (Phi) is 2.73. The molecule has 0 saturated carbocycles. The van der Waals surface area contributed by atoms with Crippen LogP contribution in [0.5, 0.6) is 0 Å². The van der Waals surface area contributed by atoms with Crippen molar-refractivity contribution in [1.82, 2.24) is 4.57 Å². The predicted molar refractivity (Wildman–Crippen MR) is 65.7 cm³/mol. The summed E-state index contributed by atoms with van der Waals surface area (Å²) in [6.45, 7) is 0. The lowest BCUT2D eigenvalue weighted by Crippen LogP contribution is -2.16. The monoisotopic (exact) mass is 303 g/mol. The number of nitrogens with zero attached hydrogens (tertiary/aromatic N) is 1. The summed E-state index contributed by atoms with van der Waals surface area (Å²) in [5.74, 6) is 0. The molecule has 3 rings (SSSR count). The van der Waals surface area contributed by atoms with Crippen LogP contribution in [0, 0.1) is 0 Å². The summed E-state index contributed by atoms with van der Waals surface area (Å²) in [4.78, 5) is 0. The second-order valence-electron chi connectivity index (χ2n) is 4.55. The van der Waals surface area contributed by atoms with Crippen molar-refractivity contribution in [2.24, 2.45) is 0 Å². The second-order valence-corrected chi connectivity index (χ2v) is 4.55. The Balaban J connectivity index is 2.48. The highest BCUT2D eigenvalue weighted by molar-refractivity contribution is 6.08. The van der Waals surface area contributed by atoms with Crippen molar-refractivity contribution in [3.8, 4) is 0 Å². The Morgan fingerprint density at radius 1 is 0.714 bits per heavy atom. The largest absolute Gasteiger partial charge is 0.489 e. The van der Waals surface area contributed by atoms with Gasteiger partial charge < -0.3 is 0 Å². The Morgan fingerprint density at radius 3 is 1.95 bits per heavy atom. The van der Waals surface area contributed by atoms with Crippen LogP contribution in [0.1, 0.15) is 5.56 Å². The molecule has 0 aliphatic rings. The highest BCUT2D eigenvalue weighted by Gasteiger charge is 2.36. The maximum atomic E-state index is 13.2. The molecule has 1 heterocycles. The first kappa shape index (κ1) is 13.8. The average molecular weight is 303 g/mol. The van der Waals surface area contributed by atoms with Crippen LogP contribution in [-0.4, -0.2) is 4.57 Å². The summed E-state index contributed by atoms with van der Waals surface area (Å²) in [5, 5.41) is 0.398. The smallest absolute Gasteiger partial charge is 0.252 e. The summed E-state index contributed by atoms with van der Waals surface area (Å²) in [6, 6.07) is 8.03. The molecule has 0 bridgehead atoms. The first-order valence-electron chi connectivity index (χ1n) is 5.87. The van der Waals surface area contributed by atoms with Gasteiger partial charge in [-0.15, -0.1) is 13.2 Å². The van der Waals surface area contributed by atoms with Gasteiger partial charge in [-0.2, -0.15) is 13.2 Å². The maximum Gasteiger partial charge on any atom is 0.489 e. The second kappa shape index (κ2) is 4.16. The molecule has 0 atom stereocenters. The molecule has 7 heteroatoms. The quantitative estimate of drug-likeness (QED) is 0.497. The molecule has 0 aliphatic carbocycles. The van der Waals surface area contributed by atoms with Crippen LogP contribution in [0.25, 0.3) is 21.8 Å². The van der Waals surface area contributed by atoms with Gasteiger partial charge in [0.15, 0.2) is 0 Å². The van der Waals surface area contributed by atoms with Crippen molar-refractivity contribution in [2.45, 2.75) is 12.5 Å². The van der Waals surface area contributed by atoms with Crippen LogP contribution in [-0.2, 0) is 12.5 Å². The Labute approximate surface area is 114 Å². The van der Waals surface area contributed by atoms with E-state index in [1.54, 1.807) is 6.07 Å². The van der Waals surface area contributed by atoms with Gasteiger partial charge in [-0.3, -0.25) is 4.57 Å². The molecule has 1 nitrogen and oxygen atoms in total. The molecule has 0 spiro atoms. The van der Waals surface area contributed by atoms with Gasteiger partial charge in [0.1, 0.15) is 0 Å². The molecule has 110 valence electrons. The molecule has 0 aliphatic heterocycles. The fourth-order valence-corrected chi connectivity index (χ4v) is 2.42. The van der Waals surface area contributed by atoms with Gasteiger partial charge in [-0.05, 0) is 18.2 Å². The number of alkyl halides is 6. The Morgan fingerprint density at radius 2 is 1.33 bits per heavy atom. The Bertz CT molecular complexity index is 825. The van der Waals surface area contributed by atoms with E-state index in [1.807, 2.05) is 0 Å². The lowest BCUT2D eigenvalue weighted by Gasteiger charge is -2.12. The number of halogens is 6. The number of rotatable bonds is 0. The molecule has 0 unspecified atom stereocenters. The topological polar surface area (TPSA) is 4.93 Å². The van der Waals surface area contributed by atoms with E-state index in [9.17, 15) is 26.3 Å². The van der Waals surface area contributed by atoms with E-state index < -0.39 is 23.6 Å². The zero-order valence-corrected chi connectivity index (χ0v) is 10.3. The van der Waals surface area contributed by atoms with Gasteiger partial charge in [0.2, 0.25) is 0 Å². The number of hydrogen-bond donors (Lipinski definition) is 0. The first-order chi connectivity index (χ1) is 9.69. The van der Waals surface area contributed by atoms with E-state index in [0.29, 0.717) is 6.07 Å². The van der Waals surface area contributed by atoms with E-state index in [1.165, 1.54) is 18.2 Å². The number of benzene rings is 2. The fourth-order valence-electron chi connectivity index (χ4n) is 2.42. The summed E-state index contributed by atoms with van der Waals surface area (Å²) >= 11 is 0. The molecule has 3 aromatic rings. The molecule has 1 aromatic heterocycles. The van der Waals surface area contributed by atoms with E-state index in [0.717, 1.165) is 12.1 Å². The number of para-hydroxylation sites is 1. The lowest BCUT2D eigenvalue weighted by molar-refractivity contribution is -0.197. The number of fused-ring (bicyclic) bond motifs is 3. The molecular formula is C14H7F6N. The van der Waals surface area contributed by atoms with E-state index in [4.69, 9.17) is 0 Å². The minimum absolute atomic E-state index is 0.0209. The van der Waals surface area contributed by atoms with Gasteiger partial charge >= 0.3 is 12.5 Å². The third-order valence-corrected chi connectivity index (χ3v) is 3.25. The average Bonchev–Trinajstić information content (AvgIpc) is 2.70. The molecule has 2 aromatic carbocycles. The molecule has 0 radical (unpaired) electrons. The van der Waals surface area contributed by atoms with Gasteiger partial charge in [-0.1, -0.05) is 24.3 Å². The van der Waals surface area contributed by atoms with Crippen molar-refractivity contribution in [3.05, 3.63) is 48.0 Å². The zero-order chi connectivity index (χ0) is 15.4. The normalized spacial score (nSPS) is 13.2. The summed E-state index contributed by atoms with van der Waals surface area (Å²) < 4.78 is 77.7. The van der Waals surface area contributed by atoms with Gasteiger partial charge in [0, 0.05) is 10.8 Å². The minimum atomic E-state index is -4.80. The maximum absolute atomic E-state index is 13.2. The van der Waals surface area contributed by atoms with Gasteiger partial charge in [0.05, 0.1) is 16.6 Å². The van der Waals surface area contributed by atoms with Gasteiger partial charge in [-0.25, -0.2) is 0 Å². The van der Waals surface area contributed by atoms with Crippen LogP contribution in [0.15, 0.2) is 42.5 Å². The minimum Gasteiger partial charge on any atom is -0.252 e. The van der Waals surface area contributed by atoms with Crippen molar-refractivity contribution in [3.63, 3.8) is 0 Å². The third-order valence-electron chi connectivity index (χ3n) is 3.25. The van der Waals surface area contributed by atoms with Crippen LogP contribution < -0.4 is 0 Å². The highest BCUT2D eigenvalue weighted by atomic mass is 19.4. The molecular weight excluding hydrogens is 296 g/mol. The van der Waals surface area contributed by atoms with Crippen molar-refractivity contribution >= 4 is 21.8 Å². The summed E-state index contributed by atoms with van der Waals surface area (Å²) in [7, 11) is 0. The van der Waals surface area contributed by atoms with Crippen LogP contribution in [0.4, 0.5) is 26.3 Å². The molecule has 0 amide bonds. The molecule has 0 saturated heterocycles. The number of aromatic nitrogens is 1. The standard InChI is InChI=1S/C14H7F6N/c15-13(16,17)8-5-6-10-9-3-1-2-4-11(9)21(12(10)7-8)14(18,19)20/h1-7H. The molecule has 0 fully saturated rings. The van der Waals surface area contributed by atoms with E-state index in [2.05, 4.69) is 0 Å². The zero-order valence-electron chi connectivity index (χ0n) is 10.3. The highest BCUT2D eigenvalue weighted by Crippen LogP contribution is 2.39. The first-order valence-corrected chi connectivity index (χ1v) is 5.87. The predicted octanol–water partition coefficient (Wildman–Crippen LogP) is 5.29. The van der Waals surface area contributed by atoms with Crippen molar-refractivity contribution in [2.75, 3.05) is 0 Å². The van der Waals surface area contributed by atoms with Crippen LogP contribution in [0.2, 0.25) is 0 Å². The number of hydrogen-bond acceptors (Lipinski definition) is 0. The lowest BCUT2D eigenvalue weighted by atomic mass is 10.1. The summed E-state index contributed by atoms with van der Waals surface area (Å²) in [6.07, 6.45) is -9.49. The third kappa shape index (κ3) is 2.12. The van der Waals surface area contributed by atoms with E-state index in [-0.39, 0.29) is 20.9 Å².